The highest BCUT2D eigenvalue weighted by Gasteiger charge is 2.22. The number of benzene rings is 1. The van der Waals surface area contributed by atoms with Gasteiger partial charge in [0.15, 0.2) is 0 Å². The normalized spacial score (nSPS) is 24.2. The molecule has 2 aliphatic carbocycles. The lowest BCUT2D eigenvalue weighted by atomic mass is 9.76. The van der Waals surface area contributed by atoms with Crippen LogP contribution in [0.2, 0.25) is 0 Å². The van der Waals surface area contributed by atoms with E-state index in [-0.39, 0.29) is 0 Å². The molecule has 1 saturated carbocycles. The second kappa shape index (κ2) is 14.2. The van der Waals surface area contributed by atoms with Crippen molar-refractivity contribution in [1.82, 2.24) is 0 Å². The van der Waals surface area contributed by atoms with Gasteiger partial charge in [0.2, 0.25) is 0 Å². The van der Waals surface area contributed by atoms with Crippen LogP contribution in [0.25, 0.3) is 5.57 Å². The highest BCUT2D eigenvalue weighted by molar-refractivity contribution is 5.66. The van der Waals surface area contributed by atoms with Gasteiger partial charge in [-0.25, -0.2) is 0 Å². The first-order valence-corrected chi connectivity index (χ1v) is 14.1. The van der Waals surface area contributed by atoms with Gasteiger partial charge in [-0.1, -0.05) is 115 Å². The number of unbranched alkanes of at least 4 members (excludes halogenated alkanes) is 7. The Hall–Kier alpha value is -1.04. The number of hydrogen-bond acceptors (Lipinski definition) is 0. The maximum Gasteiger partial charge on any atom is -0.0162 e. The Balaban J connectivity index is 1.35. The highest BCUT2D eigenvalue weighted by atomic mass is 14.3. The van der Waals surface area contributed by atoms with Crippen molar-refractivity contribution in [1.29, 1.82) is 0 Å². The molecule has 1 atom stereocenters. The third-order valence-electron chi connectivity index (χ3n) is 8.30. The first-order chi connectivity index (χ1) is 15.3. The van der Waals surface area contributed by atoms with Crippen molar-refractivity contribution < 1.29 is 0 Å². The maximum atomic E-state index is 2.55. The molecule has 0 aliphatic heterocycles. The van der Waals surface area contributed by atoms with Gasteiger partial charge < -0.3 is 0 Å². The summed E-state index contributed by atoms with van der Waals surface area (Å²) in [4.78, 5) is 0. The molecule has 0 bridgehead atoms. The molecule has 0 saturated heterocycles. The van der Waals surface area contributed by atoms with Crippen molar-refractivity contribution in [2.45, 2.75) is 135 Å². The van der Waals surface area contributed by atoms with Gasteiger partial charge in [0.25, 0.3) is 0 Å². The zero-order valence-electron chi connectivity index (χ0n) is 20.8. The Kier molecular flexibility index (Phi) is 11.3. The lowest BCUT2D eigenvalue weighted by Crippen LogP contribution is -2.13. The van der Waals surface area contributed by atoms with Crippen LogP contribution in [0.4, 0.5) is 0 Å². The van der Waals surface area contributed by atoms with Crippen LogP contribution in [0, 0.1) is 11.8 Å². The molecule has 1 fully saturated rings. The molecule has 0 heteroatoms. The summed E-state index contributed by atoms with van der Waals surface area (Å²) in [5.74, 6) is 2.77. The zero-order valence-corrected chi connectivity index (χ0v) is 20.8. The fourth-order valence-corrected chi connectivity index (χ4v) is 6.05. The number of rotatable bonds is 13. The van der Waals surface area contributed by atoms with Gasteiger partial charge in [0.1, 0.15) is 0 Å². The fourth-order valence-electron chi connectivity index (χ4n) is 6.05. The molecule has 0 nitrogen and oxygen atoms in total. The molecular formula is C31H50. The van der Waals surface area contributed by atoms with E-state index in [9.17, 15) is 0 Å². The molecule has 0 aromatic heterocycles. The summed E-state index contributed by atoms with van der Waals surface area (Å²) in [6, 6.07) is 9.78. The molecular weight excluding hydrogens is 372 g/mol. The molecule has 31 heavy (non-hydrogen) atoms. The van der Waals surface area contributed by atoms with Crippen LogP contribution < -0.4 is 0 Å². The standard InChI is InChI=1S/C31H50/c1-3-5-7-8-9-10-11-13-27-16-20-29(21-17-27)31-24-22-30(23-25-31)28-18-14-26(15-19-28)12-6-4-2/h18,22-27,29H,3-17,19-21H2,1-2H3/t26?,27-,29-. The quantitative estimate of drug-likeness (QED) is 0.277. The maximum absolute atomic E-state index is 2.55. The van der Waals surface area contributed by atoms with E-state index in [0.717, 1.165) is 17.8 Å². The molecule has 174 valence electrons. The Morgan fingerprint density at radius 3 is 1.94 bits per heavy atom. The largest absolute Gasteiger partial charge is 0.0804 e. The highest BCUT2D eigenvalue weighted by Crippen LogP contribution is 2.39. The van der Waals surface area contributed by atoms with Crippen LogP contribution in [0.3, 0.4) is 0 Å². The lowest BCUT2D eigenvalue weighted by Gasteiger charge is -2.29. The van der Waals surface area contributed by atoms with Gasteiger partial charge >= 0.3 is 0 Å². The van der Waals surface area contributed by atoms with Crippen LogP contribution in [0.5, 0.6) is 0 Å². The van der Waals surface area contributed by atoms with E-state index in [0.29, 0.717) is 0 Å². The molecule has 0 heterocycles. The summed E-state index contributed by atoms with van der Waals surface area (Å²) >= 11 is 0. The van der Waals surface area contributed by atoms with E-state index in [4.69, 9.17) is 0 Å². The van der Waals surface area contributed by atoms with Gasteiger partial charge in [-0.15, -0.1) is 0 Å². The van der Waals surface area contributed by atoms with E-state index < -0.39 is 0 Å². The predicted octanol–water partition coefficient (Wildman–Crippen LogP) is 10.5. The number of hydrogen-bond donors (Lipinski definition) is 0. The topological polar surface area (TPSA) is 0 Å². The Labute approximate surface area is 194 Å². The lowest BCUT2D eigenvalue weighted by molar-refractivity contribution is 0.302. The Bertz CT molecular complexity index is 614. The molecule has 1 aromatic rings. The summed E-state index contributed by atoms with van der Waals surface area (Å²) in [5.41, 5.74) is 4.71. The average molecular weight is 423 g/mol. The fraction of sp³-hybridized carbons (Fsp3) is 0.742. The van der Waals surface area contributed by atoms with Crippen molar-refractivity contribution in [3.8, 4) is 0 Å². The minimum atomic E-state index is 0.818. The molecule has 0 radical (unpaired) electrons. The SMILES string of the molecule is CCCCCCCCC[C@H]1CC[C@H](c2ccc(C3=CCC(CCCC)CC3)cc2)CC1. The molecule has 3 rings (SSSR count). The summed E-state index contributed by atoms with van der Waals surface area (Å²) in [7, 11) is 0. The van der Waals surface area contributed by atoms with Gasteiger partial charge in [-0.3, -0.25) is 0 Å². The summed E-state index contributed by atoms with van der Waals surface area (Å²) in [6.07, 6.45) is 28.1. The third kappa shape index (κ3) is 8.43. The average Bonchev–Trinajstić information content (AvgIpc) is 2.83. The van der Waals surface area contributed by atoms with Crippen molar-refractivity contribution >= 4 is 5.57 Å². The van der Waals surface area contributed by atoms with Crippen molar-refractivity contribution in [2.24, 2.45) is 11.8 Å². The Morgan fingerprint density at radius 1 is 0.645 bits per heavy atom. The molecule has 0 spiro atoms. The van der Waals surface area contributed by atoms with Gasteiger partial charge in [0.05, 0.1) is 0 Å². The summed E-state index contributed by atoms with van der Waals surface area (Å²) in [6.45, 7) is 4.62. The van der Waals surface area contributed by atoms with Crippen LogP contribution in [-0.2, 0) is 0 Å². The molecule has 1 aromatic carbocycles. The predicted molar refractivity (Wildman–Crippen MR) is 139 cm³/mol. The van der Waals surface area contributed by atoms with E-state index in [2.05, 4.69) is 44.2 Å². The van der Waals surface area contributed by atoms with Crippen molar-refractivity contribution in [2.75, 3.05) is 0 Å². The number of allylic oxidation sites excluding steroid dienone is 2. The summed E-state index contributed by atoms with van der Waals surface area (Å²) < 4.78 is 0. The first kappa shape index (κ1) is 24.6. The third-order valence-corrected chi connectivity index (χ3v) is 8.30. The van der Waals surface area contributed by atoms with Gasteiger partial charge in [-0.05, 0) is 79.4 Å². The Morgan fingerprint density at radius 2 is 1.29 bits per heavy atom. The minimum Gasteiger partial charge on any atom is -0.0804 e. The van der Waals surface area contributed by atoms with Crippen molar-refractivity contribution in [3.63, 3.8) is 0 Å². The van der Waals surface area contributed by atoms with E-state index in [1.54, 1.807) is 11.1 Å². The molecule has 2 aliphatic rings. The van der Waals surface area contributed by atoms with Crippen LogP contribution in [-0.4, -0.2) is 0 Å². The smallest absolute Gasteiger partial charge is 0.0162 e. The van der Waals surface area contributed by atoms with Gasteiger partial charge in [-0.2, -0.15) is 0 Å². The van der Waals surface area contributed by atoms with Crippen LogP contribution in [0.1, 0.15) is 146 Å². The van der Waals surface area contributed by atoms with E-state index in [1.165, 1.54) is 121 Å². The van der Waals surface area contributed by atoms with E-state index >= 15 is 0 Å². The van der Waals surface area contributed by atoms with Crippen LogP contribution in [0.15, 0.2) is 30.3 Å². The second-order valence-electron chi connectivity index (χ2n) is 10.8. The minimum absolute atomic E-state index is 0.818. The first-order valence-electron chi connectivity index (χ1n) is 14.1. The zero-order chi connectivity index (χ0) is 21.7. The monoisotopic (exact) mass is 422 g/mol. The second-order valence-corrected chi connectivity index (χ2v) is 10.8. The van der Waals surface area contributed by atoms with E-state index in [1.807, 2.05) is 0 Å². The van der Waals surface area contributed by atoms with Crippen LogP contribution >= 0.6 is 0 Å². The van der Waals surface area contributed by atoms with Crippen molar-refractivity contribution in [3.05, 3.63) is 41.5 Å². The molecule has 0 N–H and O–H groups in total. The molecule has 0 amide bonds. The molecule has 1 unspecified atom stereocenters. The van der Waals surface area contributed by atoms with Gasteiger partial charge in [0, 0.05) is 0 Å². The summed E-state index contributed by atoms with van der Waals surface area (Å²) in [5, 5.41) is 0.